The first-order valence-corrected chi connectivity index (χ1v) is 10.8. The molecule has 3 nitrogen and oxygen atoms in total. The maximum atomic E-state index is 6.08. The van der Waals surface area contributed by atoms with Crippen LogP contribution in [0.3, 0.4) is 0 Å². The molecule has 2 aromatic rings. The van der Waals surface area contributed by atoms with Gasteiger partial charge < -0.3 is 9.05 Å². The molecule has 0 bridgehead atoms. The number of hydrogen-bond acceptors (Lipinski definition) is 4. The van der Waals surface area contributed by atoms with Gasteiger partial charge in [0.25, 0.3) is 0 Å². The van der Waals surface area contributed by atoms with E-state index in [2.05, 4.69) is 0 Å². The van der Waals surface area contributed by atoms with Crippen LogP contribution in [0.5, 0.6) is 11.5 Å². The van der Waals surface area contributed by atoms with Gasteiger partial charge in [-0.3, -0.25) is 4.52 Å². The van der Waals surface area contributed by atoms with E-state index in [0.29, 0.717) is 10.0 Å². The van der Waals surface area contributed by atoms with Gasteiger partial charge in [0, 0.05) is 29.0 Å². The van der Waals surface area contributed by atoms with E-state index in [1.165, 1.54) is 31.4 Å². The molecule has 0 aliphatic heterocycles. The lowest BCUT2D eigenvalue weighted by molar-refractivity contribution is 0.319. The second-order valence-electron chi connectivity index (χ2n) is 4.21. The Morgan fingerprint density at radius 1 is 0.708 bits per heavy atom. The van der Waals surface area contributed by atoms with Gasteiger partial charge in [-0.1, -0.05) is 69.6 Å². The molecule has 2 rings (SSSR count). The summed E-state index contributed by atoms with van der Waals surface area (Å²) in [6.07, 6.45) is 0. The monoisotopic (exact) mass is 484 g/mol. The molecule has 0 saturated carbocycles. The summed E-state index contributed by atoms with van der Waals surface area (Å²) in [7, 11) is 1.32. The molecule has 2 aromatic carbocycles. The SMILES string of the molecule is COP(=S)(Oc1c(Cl)cc(Cl)cc1Cl)Oc1c(Cl)cc(Cl)cc1Cl. The minimum absolute atomic E-state index is 0.0779. The topological polar surface area (TPSA) is 27.7 Å². The zero-order valence-corrected chi connectivity index (χ0v) is 17.9. The first-order valence-electron chi connectivity index (χ1n) is 5.99. The lowest BCUT2D eigenvalue weighted by Gasteiger charge is -2.23. The summed E-state index contributed by atoms with van der Waals surface area (Å²) in [5.74, 6) is 0.156. The molecule has 130 valence electrons. The molecule has 0 aliphatic rings. The van der Waals surface area contributed by atoms with Crippen LogP contribution in [0.25, 0.3) is 0 Å². The number of halogens is 6. The van der Waals surface area contributed by atoms with Crippen molar-refractivity contribution in [3.63, 3.8) is 0 Å². The van der Waals surface area contributed by atoms with Gasteiger partial charge in [-0.25, -0.2) is 0 Å². The highest BCUT2D eigenvalue weighted by Gasteiger charge is 2.28. The molecule has 0 saturated heterocycles. The van der Waals surface area contributed by atoms with Crippen molar-refractivity contribution in [3.8, 4) is 11.5 Å². The summed E-state index contributed by atoms with van der Waals surface area (Å²) in [5, 5.41) is 1.28. The Bertz CT molecular complexity index is 722. The van der Waals surface area contributed by atoms with Crippen molar-refractivity contribution in [2.45, 2.75) is 0 Å². The van der Waals surface area contributed by atoms with Gasteiger partial charge in [0.15, 0.2) is 11.5 Å². The van der Waals surface area contributed by atoms with Gasteiger partial charge >= 0.3 is 6.72 Å². The van der Waals surface area contributed by atoms with Crippen LogP contribution < -0.4 is 9.05 Å². The summed E-state index contributed by atoms with van der Waals surface area (Å²) in [4.78, 5) is 0. The highest BCUT2D eigenvalue weighted by atomic mass is 35.5. The van der Waals surface area contributed by atoms with E-state index in [4.69, 9.17) is 95.0 Å². The molecule has 11 heteroatoms. The van der Waals surface area contributed by atoms with E-state index in [9.17, 15) is 0 Å². The highest BCUT2D eigenvalue weighted by molar-refractivity contribution is 8.07. The van der Waals surface area contributed by atoms with Crippen LogP contribution in [0.15, 0.2) is 24.3 Å². The third kappa shape index (κ3) is 4.97. The van der Waals surface area contributed by atoms with Gasteiger partial charge in [0.2, 0.25) is 0 Å². The Hall–Kier alpha value is 0.390. The smallest absolute Gasteiger partial charge is 0.412 e. The fraction of sp³-hybridized carbons (Fsp3) is 0.0769. The molecule has 0 heterocycles. The maximum absolute atomic E-state index is 6.08. The van der Waals surface area contributed by atoms with Crippen molar-refractivity contribution >= 4 is 88.1 Å². The van der Waals surface area contributed by atoms with Gasteiger partial charge in [0.1, 0.15) is 0 Å². The van der Waals surface area contributed by atoms with Crippen LogP contribution >= 0.6 is 76.3 Å². The Kier molecular flexibility index (Phi) is 7.23. The van der Waals surface area contributed by atoms with Crippen LogP contribution in [0.1, 0.15) is 0 Å². The molecular formula is C13H7Cl6O3PS. The lowest BCUT2D eigenvalue weighted by atomic mass is 10.3. The van der Waals surface area contributed by atoms with Gasteiger partial charge in [0.05, 0.1) is 20.1 Å². The summed E-state index contributed by atoms with van der Waals surface area (Å²) in [5.41, 5.74) is 0. The van der Waals surface area contributed by atoms with Crippen molar-refractivity contribution in [1.82, 2.24) is 0 Å². The van der Waals surface area contributed by atoms with Crippen LogP contribution in [0.4, 0.5) is 0 Å². The van der Waals surface area contributed by atoms with Crippen molar-refractivity contribution < 1.29 is 13.6 Å². The Morgan fingerprint density at radius 2 is 1.00 bits per heavy atom. The van der Waals surface area contributed by atoms with E-state index in [0.717, 1.165) is 0 Å². The molecule has 0 spiro atoms. The zero-order chi connectivity index (χ0) is 18.1. The minimum Gasteiger partial charge on any atom is -0.412 e. The zero-order valence-electron chi connectivity index (χ0n) is 11.7. The molecule has 0 fully saturated rings. The predicted octanol–water partition coefficient (Wildman–Crippen LogP) is 7.94. The summed E-state index contributed by atoms with van der Waals surface area (Å²) < 4.78 is 16.4. The van der Waals surface area contributed by atoms with E-state index >= 15 is 0 Å². The average molecular weight is 487 g/mol. The summed E-state index contributed by atoms with van der Waals surface area (Å²) in [6.45, 7) is -3.37. The second kappa shape index (κ2) is 8.39. The van der Waals surface area contributed by atoms with Crippen molar-refractivity contribution in [3.05, 3.63) is 54.4 Å². The minimum atomic E-state index is -3.37. The second-order valence-corrected chi connectivity index (χ2v) is 9.68. The number of hydrogen-bond donors (Lipinski definition) is 0. The maximum Gasteiger partial charge on any atom is 0.434 e. The number of benzene rings is 2. The van der Waals surface area contributed by atoms with E-state index in [-0.39, 0.29) is 31.6 Å². The van der Waals surface area contributed by atoms with E-state index < -0.39 is 6.72 Å². The van der Waals surface area contributed by atoms with Crippen molar-refractivity contribution in [2.24, 2.45) is 0 Å². The molecule has 0 amide bonds. The largest absolute Gasteiger partial charge is 0.434 e. The molecule has 0 unspecified atom stereocenters. The first-order chi connectivity index (χ1) is 11.1. The third-order valence-corrected chi connectivity index (χ3v) is 6.27. The molecule has 0 aliphatic carbocycles. The normalized spacial score (nSPS) is 11.5. The van der Waals surface area contributed by atoms with Crippen LogP contribution in [-0.4, -0.2) is 7.11 Å². The van der Waals surface area contributed by atoms with E-state index in [1.54, 1.807) is 0 Å². The Labute approximate surface area is 173 Å². The Balaban J connectivity index is 2.39. The quantitative estimate of drug-likeness (QED) is 0.401. The first kappa shape index (κ1) is 20.7. The van der Waals surface area contributed by atoms with Crippen LogP contribution in [0, 0.1) is 0 Å². The van der Waals surface area contributed by atoms with Crippen LogP contribution in [0.2, 0.25) is 30.1 Å². The van der Waals surface area contributed by atoms with Gasteiger partial charge in [-0.15, -0.1) is 0 Å². The molecule has 0 atom stereocenters. The van der Waals surface area contributed by atoms with Gasteiger partial charge in [-0.05, 0) is 24.3 Å². The molecule has 0 N–H and O–H groups in total. The Morgan fingerprint density at radius 3 is 1.25 bits per heavy atom. The fourth-order valence-corrected chi connectivity index (χ4v) is 5.03. The fourth-order valence-electron chi connectivity index (χ4n) is 1.55. The summed E-state index contributed by atoms with van der Waals surface area (Å²) in [6, 6.07) is 5.79. The predicted molar refractivity (Wildman–Crippen MR) is 105 cm³/mol. The average Bonchev–Trinajstić information content (AvgIpc) is 2.47. The molecule has 24 heavy (non-hydrogen) atoms. The van der Waals surface area contributed by atoms with Crippen molar-refractivity contribution in [1.29, 1.82) is 0 Å². The molecular weight excluding hydrogens is 480 g/mol. The molecule has 0 aromatic heterocycles. The van der Waals surface area contributed by atoms with E-state index in [1.807, 2.05) is 0 Å². The highest BCUT2D eigenvalue weighted by Crippen LogP contribution is 2.55. The number of rotatable bonds is 5. The van der Waals surface area contributed by atoms with Crippen molar-refractivity contribution in [2.75, 3.05) is 7.11 Å². The van der Waals surface area contributed by atoms with Gasteiger partial charge in [-0.2, -0.15) is 0 Å². The summed E-state index contributed by atoms with van der Waals surface area (Å²) >= 11 is 41.4. The third-order valence-electron chi connectivity index (χ3n) is 2.56. The standard InChI is InChI=1S/C13H7Cl6O3PS/c1-20-23(24,21-12-8(16)2-6(14)3-9(12)17)22-13-10(18)4-7(15)5-11(13)19/h2-5H,1H3. The van der Waals surface area contributed by atoms with Crippen LogP contribution in [-0.2, 0) is 16.3 Å². The molecule has 0 radical (unpaired) electrons. The lowest BCUT2D eigenvalue weighted by Crippen LogP contribution is -2.04.